The lowest BCUT2D eigenvalue weighted by Crippen LogP contribution is -2.20. The molecule has 5 rings (SSSR count). The smallest absolute Gasteiger partial charge is 0.229 e. The number of anilines is 3. The fourth-order valence-electron chi connectivity index (χ4n) is 3.85. The van der Waals surface area contributed by atoms with Crippen LogP contribution in [0.4, 0.5) is 21.8 Å². The number of benzene rings is 2. The highest BCUT2D eigenvalue weighted by molar-refractivity contribution is 6.36. The van der Waals surface area contributed by atoms with Crippen LogP contribution < -0.4 is 10.2 Å². The van der Waals surface area contributed by atoms with Gasteiger partial charge >= 0.3 is 0 Å². The fourth-order valence-corrected chi connectivity index (χ4v) is 4.38. The molecule has 0 unspecified atom stereocenters. The van der Waals surface area contributed by atoms with Gasteiger partial charge in [0, 0.05) is 35.2 Å². The normalized spacial score (nSPS) is 13.8. The predicted octanol–water partition coefficient (Wildman–Crippen LogP) is 6.06. The Morgan fingerprint density at radius 3 is 2.38 bits per heavy atom. The zero-order valence-electron chi connectivity index (χ0n) is 17.2. The number of nitrogens with one attached hydrogen (secondary N) is 2. The minimum Gasteiger partial charge on any atom is -0.341 e. The first-order valence-electron chi connectivity index (χ1n) is 10.5. The van der Waals surface area contributed by atoms with Crippen molar-refractivity contribution in [2.45, 2.75) is 25.9 Å². The van der Waals surface area contributed by atoms with Crippen molar-refractivity contribution >= 4 is 51.8 Å². The van der Waals surface area contributed by atoms with E-state index >= 15 is 0 Å². The van der Waals surface area contributed by atoms with Crippen molar-refractivity contribution in [3.8, 4) is 0 Å². The molecule has 2 aromatic carbocycles. The van der Waals surface area contributed by atoms with Crippen LogP contribution in [0.15, 0.2) is 42.5 Å². The summed E-state index contributed by atoms with van der Waals surface area (Å²) >= 11 is 12.7. The van der Waals surface area contributed by atoms with Crippen molar-refractivity contribution in [3.05, 3.63) is 69.5 Å². The van der Waals surface area contributed by atoms with Gasteiger partial charge in [-0.1, -0.05) is 41.4 Å². The summed E-state index contributed by atoms with van der Waals surface area (Å²) < 4.78 is 12.9. The molecule has 4 aromatic rings. The Bertz CT molecular complexity index is 1230. The maximum absolute atomic E-state index is 12.9. The number of hydrogen-bond acceptors (Lipinski definition) is 5. The molecule has 164 valence electrons. The van der Waals surface area contributed by atoms with Gasteiger partial charge in [-0.15, -0.1) is 0 Å². The first-order valence-corrected chi connectivity index (χ1v) is 11.2. The second-order valence-electron chi connectivity index (χ2n) is 7.78. The van der Waals surface area contributed by atoms with Crippen LogP contribution in [-0.4, -0.2) is 33.0 Å². The van der Waals surface area contributed by atoms with E-state index in [0.29, 0.717) is 50.8 Å². The van der Waals surface area contributed by atoms with Gasteiger partial charge in [-0.25, -0.2) is 9.37 Å². The second-order valence-corrected chi connectivity index (χ2v) is 8.60. The van der Waals surface area contributed by atoms with Crippen LogP contribution in [-0.2, 0) is 13.1 Å². The van der Waals surface area contributed by atoms with Crippen molar-refractivity contribution in [1.29, 1.82) is 0 Å². The lowest BCUT2D eigenvalue weighted by molar-refractivity contribution is 0.485. The third-order valence-electron chi connectivity index (χ3n) is 5.55. The van der Waals surface area contributed by atoms with Gasteiger partial charge in [-0.2, -0.15) is 9.97 Å². The third-order valence-corrected chi connectivity index (χ3v) is 6.26. The lowest BCUT2D eigenvalue weighted by Gasteiger charge is -2.16. The monoisotopic (exact) mass is 470 g/mol. The maximum atomic E-state index is 12.9. The number of H-pyrrole nitrogens is 1. The molecule has 0 atom stereocenters. The molecule has 0 bridgehead atoms. The molecule has 0 aliphatic carbocycles. The summed E-state index contributed by atoms with van der Waals surface area (Å²) in [6.07, 6.45) is 2.68. The number of hydrogen-bond donors (Lipinski definition) is 2. The standard InChI is InChI=1S/C23H21Cl2FN6/c24-17-4-3-5-18(25)16(17)12-19-28-20-21(27-15-8-6-14(13-26)7-9-15)30-23(31-22(20)29-19)32-10-1-2-11-32/h3-9H,1-2,10-13H2,(H2,27,28,29,30,31). The molecule has 0 saturated carbocycles. The van der Waals surface area contributed by atoms with Crippen LogP contribution >= 0.6 is 23.2 Å². The van der Waals surface area contributed by atoms with E-state index < -0.39 is 6.67 Å². The number of alkyl halides is 1. The molecule has 0 spiro atoms. The fraction of sp³-hybridized carbons (Fsp3) is 0.261. The Morgan fingerprint density at radius 1 is 0.969 bits per heavy atom. The number of imidazole rings is 1. The molecule has 32 heavy (non-hydrogen) atoms. The number of fused-ring (bicyclic) bond motifs is 1. The Kier molecular flexibility index (Phi) is 5.85. The topological polar surface area (TPSA) is 69.7 Å². The molecule has 1 fully saturated rings. The minimum absolute atomic E-state index is 0.443. The molecule has 1 aliphatic rings. The van der Waals surface area contributed by atoms with E-state index in [9.17, 15) is 4.39 Å². The summed E-state index contributed by atoms with van der Waals surface area (Å²) in [4.78, 5) is 19.7. The number of halogens is 3. The van der Waals surface area contributed by atoms with Crippen molar-refractivity contribution in [2.24, 2.45) is 0 Å². The summed E-state index contributed by atoms with van der Waals surface area (Å²) in [5, 5.41) is 4.52. The number of rotatable bonds is 6. The van der Waals surface area contributed by atoms with Crippen molar-refractivity contribution < 1.29 is 4.39 Å². The maximum Gasteiger partial charge on any atom is 0.229 e. The Hall–Kier alpha value is -2.90. The van der Waals surface area contributed by atoms with Gasteiger partial charge in [0.2, 0.25) is 5.95 Å². The highest BCUT2D eigenvalue weighted by Crippen LogP contribution is 2.30. The van der Waals surface area contributed by atoms with E-state index in [1.54, 1.807) is 12.1 Å². The van der Waals surface area contributed by atoms with E-state index in [4.69, 9.17) is 38.2 Å². The molecule has 0 radical (unpaired) electrons. The summed E-state index contributed by atoms with van der Waals surface area (Å²) in [6.45, 7) is 1.34. The quantitative estimate of drug-likeness (QED) is 0.358. The Labute approximate surface area is 194 Å². The highest BCUT2D eigenvalue weighted by atomic mass is 35.5. The van der Waals surface area contributed by atoms with Gasteiger partial charge in [0.05, 0.1) is 0 Å². The summed E-state index contributed by atoms with van der Waals surface area (Å²) in [7, 11) is 0. The van der Waals surface area contributed by atoms with Gasteiger partial charge in [0.15, 0.2) is 11.5 Å². The highest BCUT2D eigenvalue weighted by Gasteiger charge is 2.20. The summed E-state index contributed by atoms with van der Waals surface area (Å²) in [6, 6.07) is 12.6. The first kappa shape index (κ1) is 21.0. The second kappa shape index (κ2) is 8.92. The van der Waals surface area contributed by atoms with E-state index in [0.717, 1.165) is 37.2 Å². The molecule has 2 N–H and O–H groups in total. The van der Waals surface area contributed by atoms with Crippen LogP contribution in [0.3, 0.4) is 0 Å². The molecule has 0 amide bonds. The molecule has 3 heterocycles. The zero-order valence-corrected chi connectivity index (χ0v) is 18.7. The minimum atomic E-state index is -0.494. The molecule has 1 saturated heterocycles. The molecule has 9 heteroatoms. The van der Waals surface area contributed by atoms with Crippen LogP contribution in [0.25, 0.3) is 11.2 Å². The van der Waals surface area contributed by atoms with Gasteiger partial charge in [0.25, 0.3) is 0 Å². The number of aromatic amines is 1. The van der Waals surface area contributed by atoms with Crippen LogP contribution in [0.1, 0.15) is 29.8 Å². The third kappa shape index (κ3) is 4.23. The SMILES string of the molecule is FCc1ccc(Nc2nc(N3CCCC3)nc3nc(Cc4c(Cl)cccc4Cl)[nH]c23)cc1. The molecule has 1 aliphatic heterocycles. The number of aromatic nitrogens is 4. The number of nitrogens with zero attached hydrogens (tertiary/aromatic N) is 4. The van der Waals surface area contributed by atoms with E-state index in [1.807, 2.05) is 30.3 Å². The van der Waals surface area contributed by atoms with Crippen molar-refractivity contribution in [1.82, 2.24) is 19.9 Å². The van der Waals surface area contributed by atoms with E-state index in [-0.39, 0.29) is 0 Å². The van der Waals surface area contributed by atoms with Gasteiger partial charge in [-0.3, -0.25) is 0 Å². The zero-order chi connectivity index (χ0) is 22.1. The average molecular weight is 471 g/mol. The Balaban J connectivity index is 1.55. The summed E-state index contributed by atoms with van der Waals surface area (Å²) in [5.41, 5.74) is 3.50. The van der Waals surface area contributed by atoms with Crippen LogP contribution in [0, 0.1) is 0 Å². The summed E-state index contributed by atoms with van der Waals surface area (Å²) in [5.74, 6) is 1.96. The molecule has 6 nitrogen and oxygen atoms in total. The van der Waals surface area contributed by atoms with Gasteiger partial charge < -0.3 is 15.2 Å². The van der Waals surface area contributed by atoms with Gasteiger partial charge in [-0.05, 0) is 48.2 Å². The van der Waals surface area contributed by atoms with Crippen molar-refractivity contribution in [3.63, 3.8) is 0 Å². The molecular weight excluding hydrogens is 450 g/mol. The largest absolute Gasteiger partial charge is 0.341 e. The van der Waals surface area contributed by atoms with Gasteiger partial charge in [0.1, 0.15) is 18.0 Å². The van der Waals surface area contributed by atoms with E-state index in [2.05, 4.69) is 15.2 Å². The first-order chi connectivity index (χ1) is 15.6. The molecule has 2 aromatic heterocycles. The lowest BCUT2D eigenvalue weighted by atomic mass is 10.1. The predicted molar refractivity (Wildman–Crippen MR) is 127 cm³/mol. The van der Waals surface area contributed by atoms with Crippen molar-refractivity contribution in [2.75, 3.05) is 23.3 Å². The molecular formula is C23H21Cl2FN6. The van der Waals surface area contributed by atoms with Crippen LogP contribution in [0.5, 0.6) is 0 Å². The Morgan fingerprint density at radius 2 is 1.69 bits per heavy atom. The average Bonchev–Trinajstić information content (AvgIpc) is 3.47. The van der Waals surface area contributed by atoms with E-state index in [1.165, 1.54) is 0 Å². The van der Waals surface area contributed by atoms with Crippen LogP contribution in [0.2, 0.25) is 10.0 Å².